The lowest BCUT2D eigenvalue weighted by Gasteiger charge is -2.09. The van der Waals surface area contributed by atoms with Crippen molar-refractivity contribution in [2.75, 3.05) is 5.32 Å². The molecular formula is C14H10BrClFNO. The highest BCUT2D eigenvalue weighted by atomic mass is 79.9. The Bertz CT molecular complexity index is 645. The van der Waals surface area contributed by atoms with Crippen LogP contribution in [0.15, 0.2) is 40.9 Å². The summed E-state index contributed by atoms with van der Waals surface area (Å²) in [4.78, 5) is 12.1. The molecule has 0 bridgehead atoms. The first-order valence-electron chi connectivity index (χ1n) is 5.50. The van der Waals surface area contributed by atoms with E-state index in [2.05, 4.69) is 21.2 Å². The van der Waals surface area contributed by atoms with Crippen LogP contribution in [0, 0.1) is 12.7 Å². The van der Waals surface area contributed by atoms with Crippen LogP contribution in [0.1, 0.15) is 15.9 Å². The zero-order valence-electron chi connectivity index (χ0n) is 10.0. The highest BCUT2D eigenvalue weighted by Gasteiger charge is 2.13. The number of rotatable bonds is 2. The van der Waals surface area contributed by atoms with Crippen molar-refractivity contribution in [1.82, 2.24) is 0 Å². The van der Waals surface area contributed by atoms with Crippen molar-refractivity contribution in [3.63, 3.8) is 0 Å². The summed E-state index contributed by atoms with van der Waals surface area (Å²) in [5.74, 6) is -0.746. The van der Waals surface area contributed by atoms with E-state index in [0.29, 0.717) is 11.3 Å². The molecular weight excluding hydrogens is 333 g/mol. The molecule has 2 aromatic carbocycles. The molecule has 19 heavy (non-hydrogen) atoms. The first kappa shape index (κ1) is 14.0. The van der Waals surface area contributed by atoms with Gasteiger partial charge >= 0.3 is 0 Å². The number of amides is 1. The molecule has 0 spiro atoms. The molecule has 0 saturated heterocycles. The van der Waals surface area contributed by atoms with Gasteiger partial charge in [-0.05, 0) is 52.7 Å². The Labute approximate surface area is 123 Å². The molecule has 0 unspecified atom stereocenters. The number of carbonyl (C=O) groups is 1. The number of aryl methyl sites for hydroxylation is 1. The van der Waals surface area contributed by atoms with Crippen molar-refractivity contribution in [3.8, 4) is 0 Å². The maximum Gasteiger partial charge on any atom is 0.256 e. The van der Waals surface area contributed by atoms with E-state index in [-0.39, 0.29) is 10.9 Å². The fourth-order valence-electron chi connectivity index (χ4n) is 1.60. The van der Waals surface area contributed by atoms with Gasteiger partial charge in [0.15, 0.2) is 0 Å². The molecule has 0 fully saturated rings. The van der Waals surface area contributed by atoms with Gasteiger partial charge in [-0.3, -0.25) is 4.79 Å². The molecule has 98 valence electrons. The molecule has 1 amide bonds. The zero-order chi connectivity index (χ0) is 14.0. The minimum Gasteiger partial charge on any atom is -0.321 e. The van der Waals surface area contributed by atoms with E-state index in [9.17, 15) is 9.18 Å². The van der Waals surface area contributed by atoms with Crippen LogP contribution in [-0.4, -0.2) is 5.91 Å². The summed E-state index contributed by atoms with van der Waals surface area (Å²) in [6.07, 6.45) is 0. The highest BCUT2D eigenvalue weighted by Crippen LogP contribution is 2.25. The van der Waals surface area contributed by atoms with E-state index >= 15 is 0 Å². The second-order valence-corrected chi connectivity index (χ2v) is 5.21. The predicted molar refractivity (Wildman–Crippen MR) is 78.2 cm³/mol. The molecule has 2 rings (SSSR count). The third-order valence-electron chi connectivity index (χ3n) is 2.62. The fraction of sp³-hybridized carbons (Fsp3) is 0.0714. The molecule has 0 heterocycles. The van der Waals surface area contributed by atoms with E-state index in [1.54, 1.807) is 12.1 Å². The van der Waals surface area contributed by atoms with Crippen LogP contribution in [0.3, 0.4) is 0 Å². The van der Waals surface area contributed by atoms with Gasteiger partial charge in [-0.1, -0.05) is 23.7 Å². The maximum atomic E-state index is 12.9. The number of hydrogen-bond donors (Lipinski definition) is 1. The van der Waals surface area contributed by atoms with E-state index < -0.39 is 5.82 Å². The number of anilines is 1. The highest BCUT2D eigenvalue weighted by molar-refractivity contribution is 9.10. The SMILES string of the molecule is Cc1cccc(C(=O)Nc2ccc(F)cc2Cl)c1Br. The molecule has 0 aliphatic heterocycles. The molecule has 5 heteroatoms. The van der Waals surface area contributed by atoms with Gasteiger partial charge < -0.3 is 5.32 Å². The van der Waals surface area contributed by atoms with Gasteiger partial charge in [-0.25, -0.2) is 4.39 Å². The lowest BCUT2D eigenvalue weighted by Crippen LogP contribution is -2.13. The Morgan fingerprint density at radius 3 is 2.74 bits per heavy atom. The number of carbonyl (C=O) groups excluding carboxylic acids is 1. The third-order valence-corrected chi connectivity index (χ3v) is 3.98. The number of halogens is 3. The van der Waals surface area contributed by atoms with Crippen molar-refractivity contribution < 1.29 is 9.18 Å². The summed E-state index contributed by atoms with van der Waals surface area (Å²) in [6.45, 7) is 1.89. The molecule has 0 atom stereocenters. The van der Waals surface area contributed by atoms with Crippen LogP contribution in [0.4, 0.5) is 10.1 Å². The Kier molecular flexibility index (Phi) is 4.22. The first-order chi connectivity index (χ1) is 8.99. The quantitative estimate of drug-likeness (QED) is 0.834. The minimum atomic E-state index is -0.445. The number of nitrogens with one attached hydrogen (secondary N) is 1. The van der Waals surface area contributed by atoms with Crippen molar-refractivity contribution in [3.05, 3.63) is 62.8 Å². The van der Waals surface area contributed by atoms with Gasteiger partial charge in [0.2, 0.25) is 0 Å². The molecule has 0 aliphatic carbocycles. The molecule has 0 aliphatic rings. The molecule has 2 aromatic rings. The zero-order valence-corrected chi connectivity index (χ0v) is 12.3. The summed E-state index contributed by atoms with van der Waals surface area (Å²) in [7, 11) is 0. The molecule has 0 radical (unpaired) electrons. The Morgan fingerprint density at radius 2 is 2.05 bits per heavy atom. The molecule has 2 nitrogen and oxygen atoms in total. The summed E-state index contributed by atoms with van der Waals surface area (Å²) >= 11 is 9.24. The van der Waals surface area contributed by atoms with Gasteiger partial charge in [0.05, 0.1) is 16.3 Å². The monoisotopic (exact) mass is 341 g/mol. The Morgan fingerprint density at radius 1 is 1.32 bits per heavy atom. The topological polar surface area (TPSA) is 29.1 Å². The lowest BCUT2D eigenvalue weighted by molar-refractivity contribution is 0.102. The molecule has 1 N–H and O–H groups in total. The van der Waals surface area contributed by atoms with Crippen molar-refractivity contribution in [2.24, 2.45) is 0 Å². The van der Waals surface area contributed by atoms with Gasteiger partial charge in [-0.2, -0.15) is 0 Å². The minimum absolute atomic E-state index is 0.164. The third kappa shape index (κ3) is 3.14. The molecule has 0 saturated carbocycles. The lowest BCUT2D eigenvalue weighted by atomic mass is 10.1. The van der Waals surface area contributed by atoms with Crippen LogP contribution in [-0.2, 0) is 0 Å². The first-order valence-corrected chi connectivity index (χ1v) is 6.67. The standard InChI is InChI=1S/C14H10BrClFNO/c1-8-3-2-4-10(13(8)15)14(19)18-12-6-5-9(17)7-11(12)16/h2-7H,1H3,(H,18,19). The van der Waals surface area contributed by atoms with Gasteiger partial charge in [0.1, 0.15) is 5.82 Å². The van der Waals surface area contributed by atoms with Gasteiger partial charge in [0.25, 0.3) is 5.91 Å². The Balaban J connectivity index is 2.28. The number of benzene rings is 2. The normalized spacial score (nSPS) is 10.3. The van der Waals surface area contributed by atoms with E-state index in [4.69, 9.17) is 11.6 Å². The molecule has 0 aromatic heterocycles. The van der Waals surface area contributed by atoms with Crippen LogP contribution < -0.4 is 5.32 Å². The average molecular weight is 343 g/mol. The van der Waals surface area contributed by atoms with Crippen molar-refractivity contribution in [1.29, 1.82) is 0 Å². The van der Waals surface area contributed by atoms with E-state index in [0.717, 1.165) is 16.1 Å². The van der Waals surface area contributed by atoms with E-state index in [1.165, 1.54) is 12.1 Å². The summed E-state index contributed by atoms with van der Waals surface area (Å²) in [6, 6.07) is 9.21. The second kappa shape index (κ2) is 5.72. The maximum absolute atomic E-state index is 12.9. The largest absolute Gasteiger partial charge is 0.321 e. The van der Waals surface area contributed by atoms with Crippen LogP contribution in [0.25, 0.3) is 0 Å². The van der Waals surface area contributed by atoms with Crippen LogP contribution in [0.5, 0.6) is 0 Å². The van der Waals surface area contributed by atoms with Crippen LogP contribution in [0.2, 0.25) is 5.02 Å². The van der Waals surface area contributed by atoms with Crippen molar-refractivity contribution >= 4 is 39.1 Å². The van der Waals surface area contributed by atoms with E-state index in [1.807, 2.05) is 13.0 Å². The van der Waals surface area contributed by atoms with Crippen LogP contribution >= 0.6 is 27.5 Å². The summed E-state index contributed by atoms with van der Waals surface area (Å²) < 4.78 is 13.6. The average Bonchev–Trinajstić information content (AvgIpc) is 2.36. The Hall–Kier alpha value is -1.39. The van der Waals surface area contributed by atoms with Crippen molar-refractivity contribution in [2.45, 2.75) is 6.92 Å². The second-order valence-electron chi connectivity index (χ2n) is 4.01. The summed E-state index contributed by atoms with van der Waals surface area (Å²) in [5, 5.41) is 2.82. The number of hydrogen-bond acceptors (Lipinski definition) is 1. The predicted octanol–water partition coefficient (Wildman–Crippen LogP) is 4.80. The summed E-state index contributed by atoms with van der Waals surface area (Å²) in [5.41, 5.74) is 1.83. The smallest absolute Gasteiger partial charge is 0.256 e. The van der Waals surface area contributed by atoms with Gasteiger partial charge in [0, 0.05) is 4.47 Å². The fourth-order valence-corrected chi connectivity index (χ4v) is 2.26. The van der Waals surface area contributed by atoms with Gasteiger partial charge in [-0.15, -0.1) is 0 Å².